The van der Waals surface area contributed by atoms with E-state index >= 15 is 0 Å². The van der Waals surface area contributed by atoms with E-state index in [0.717, 1.165) is 18.4 Å². The van der Waals surface area contributed by atoms with Gasteiger partial charge in [0, 0.05) is 47.4 Å². The highest BCUT2D eigenvalue weighted by Crippen LogP contribution is 2.33. The van der Waals surface area contributed by atoms with Crippen molar-refractivity contribution >= 4 is 28.9 Å². The number of halogens is 1. The van der Waals surface area contributed by atoms with Crippen molar-refractivity contribution < 1.29 is 14.1 Å². The van der Waals surface area contributed by atoms with Crippen LogP contribution in [0.4, 0.5) is 0 Å². The monoisotopic (exact) mass is 513 g/mol. The summed E-state index contributed by atoms with van der Waals surface area (Å²) in [5.74, 6) is 1.67. The van der Waals surface area contributed by atoms with E-state index in [4.69, 9.17) is 20.9 Å². The number of benzene rings is 1. The number of carbonyl (C=O) groups is 1. The van der Waals surface area contributed by atoms with Crippen LogP contribution >= 0.6 is 11.6 Å². The first-order valence-electron chi connectivity index (χ1n) is 12.3. The molecule has 8 nitrogen and oxygen atoms in total. The average molecular weight is 514 g/mol. The molecule has 2 aromatic rings. The van der Waals surface area contributed by atoms with E-state index in [1.807, 2.05) is 39.8 Å². The summed E-state index contributed by atoms with van der Waals surface area (Å²) >= 11 is 6.60. The molecule has 0 fully saturated rings. The number of nitrogens with zero attached hydrogens (tertiary/aromatic N) is 4. The van der Waals surface area contributed by atoms with Crippen molar-refractivity contribution in [3.63, 3.8) is 0 Å². The predicted octanol–water partition coefficient (Wildman–Crippen LogP) is 6.15. The minimum absolute atomic E-state index is 0.191. The van der Waals surface area contributed by atoms with E-state index in [1.54, 1.807) is 30.0 Å². The Morgan fingerprint density at radius 1 is 1.33 bits per heavy atom. The Kier molecular flexibility index (Phi) is 11.6. The normalized spacial score (nSPS) is 15.6. The fourth-order valence-electron chi connectivity index (χ4n) is 3.41. The number of ether oxygens (including phenoxy) is 1. The van der Waals surface area contributed by atoms with Gasteiger partial charge in [0.05, 0.1) is 0 Å². The van der Waals surface area contributed by atoms with Crippen LogP contribution < -0.4 is 5.32 Å². The number of aliphatic imine (C=N–C) groups is 1. The van der Waals surface area contributed by atoms with Gasteiger partial charge in [0.2, 0.25) is 11.7 Å². The number of carbonyl (C=O) groups excluding carboxylic acids is 1. The zero-order valence-electron chi connectivity index (χ0n) is 22.0. The highest BCUT2D eigenvalue weighted by atomic mass is 35.5. The van der Waals surface area contributed by atoms with Crippen LogP contribution in [0.1, 0.15) is 58.9 Å². The van der Waals surface area contributed by atoms with Crippen molar-refractivity contribution in [3.05, 3.63) is 64.8 Å². The van der Waals surface area contributed by atoms with Gasteiger partial charge in [0.1, 0.15) is 18.4 Å². The molecule has 0 atom stereocenters. The van der Waals surface area contributed by atoms with E-state index in [1.165, 1.54) is 0 Å². The van der Waals surface area contributed by atoms with Crippen LogP contribution in [-0.4, -0.2) is 46.7 Å². The summed E-state index contributed by atoms with van der Waals surface area (Å²) in [7, 11) is 0. The molecule has 0 unspecified atom stereocenters. The molecule has 1 aromatic carbocycles. The number of rotatable bonds is 10. The van der Waals surface area contributed by atoms with Crippen LogP contribution in [0.25, 0.3) is 17.0 Å². The Bertz CT molecular complexity index is 1150. The standard InChI is InChI=1S/C25H30ClN5O3.C2H6/c1-6-9-12-33-15-27-16(4)28-24-18(7-2)13-21(25(32)31(24)8-3)20-11-10-19(14-22(20)26)23-29-17(5)34-30-23;1-2/h7,10-11,13-14,27H,4,6,8-9,12,15H2,1-3,5H3;1-2H3/b18-7-,28-24+;. The van der Waals surface area contributed by atoms with Crippen molar-refractivity contribution in [2.75, 3.05) is 19.9 Å². The Balaban J connectivity index is 0.00000222. The average Bonchev–Trinajstić information content (AvgIpc) is 3.32. The smallest absolute Gasteiger partial charge is 0.260 e. The maximum absolute atomic E-state index is 13.4. The molecule has 9 heteroatoms. The van der Waals surface area contributed by atoms with Crippen molar-refractivity contribution in [1.82, 2.24) is 20.4 Å². The summed E-state index contributed by atoms with van der Waals surface area (Å²) in [6.45, 7) is 17.0. The summed E-state index contributed by atoms with van der Waals surface area (Å²) in [4.78, 5) is 23.9. The number of amidine groups is 1. The van der Waals surface area contributed by atoms with Crippen LogP contribution in [0.15, 0.2) is 57.8 Å². The number of aryl methyl sites for hydroxylation is 1. The second-order valence-corrected chi connectivity index (χ2v) is 8.06. The van der Waals surface area contributed by atoms with Gasteiger partial charge in [-0.1, -0.05) is 68.7 Å². The summed E-state index contributed by atoms with van der Waals surface area (Å²) in [5.41, 5.74) is 2.60. The maximum Gasteiger partial charge on any atom is 0.260 e. The van der Waals surface area contributed by atoms with Crippen molar-refractivity contribution in [3.8, 4) is 11.4 Å². The van der Waals surface area contributed by atoms with Crippen LogP contribution in [0, 0.1) is 6.92 Å². The lowest BCUT2D eigenvalue weighted by atomic mass is 9.95. The molecule has 0 aliphatic carbocycles. The third-order valence-corrected chi connectivity index (χ3v) is 5.54. The molecular weight excluding hydrogens is 478 g/mol. The molecule has 0 spiro atoms. The lowest BCUT2D eigenvalue weighted by Crippen LogP contribution is -2.41. The first-order valence-corrected chi connectivity index (χ1v) is 12.7. The number of amides is 1. The number of aromatic nitrogens is 2. The number of allylic oxidation sites excluding steroid dienone is 1. The Hall–Kier alpha value is -3.23. The Labute approximate surface area is 218 Å². The van der Waals surface area contributed by atoms with Gasteiger partial charge in [0.15, 0.2) is 0 Å². The molecule has 194 valence electrons. The van der Waals surface area contributed by atoms with E-state index in [2.05, 4.69) is 34.0 Å². The predicted molar refractivity (Wildman–Crippen MR) is 145 cm³/mol. The first-order chi connectivity index (χ1) is 17.4. The van der Waals surface area contributed by atoms with Crippen LogP contribution in [0.5, 0.6) is 0 Å². The van der Waals surface area contributed by atoms with E-state index < -0.39 is 0 Å². The van der Waals surface area contributed by atoms with Crippen molar-refractivity contribution in [1.29, 1.82) is 0 Å². The summed E-state index contributed by atoms with van der Waals surface area (Å²) < 4.78 is 10.6. The number of likely N-dealkylation sites (N-methyl/N-ethyl adjacent to an activating group) is 1. The first kappa shape index (κ1) is 29.0. The van der Waals surface area contributed by atoms with Gasteiger partial charge in [-0.05, 0) is 32.4 Å². The lowest BCUT2D eigenvalue weighted by molar-refractivity contribution is -0.121. The molecule has 0 radical (unpaired) electrons. The maximum atomic E-state index is 13.4. The number of hydrogen-bond acceptors (Lipinski definition) is 7. The molecule has 1 aliphatic heterocycles. The minimum Gasteiger partial charge on any atom is -0.361 e. The Morgan fingerprint density at radius 2 is 2.08 bits per heavy atom. The van der Waals surface area contributed by atoms with Gasteiger partial charge >= 0.3 is 0 Å². The fraction of sp³-hybridized carbons (Fsp3) is 0.407. The zero-order chi connectivity index (χ0) is 26.7. The van der Waals surface area contributed by atoms with E-state index in [9.17, 15) is 4.79 Å². The summed E-state index contributed by atoms with van der Waals surface area (Å²) in [6, 6.07) is 5.35. The van der Waals surface area contributed by atoms with Gasteiger partial charge in [-0.2, -0.15) is 4.98 Å². The van der Waals surface area contributed by atoms with Gasteiger partial charge in [-0.3, -0.25) is 9.69 Å². The molecule has 0 saturated heterocycles. The van der Waals surface area contributed by atoms with Gasteiger partial charge in [0.25, 0.3) is 5.91 Å². The van der Waals surface area contributed by atoms with Gasteiger partial charge in [-0.25, -0.2) is 4.99 Å². The minimum atomic E-state index is -0.191. The van der Waals surface area contributed by atoms with Gasteiger partial charge in [-0.15, -0.1) is 0 Å². The quantitative estimate of drug-likeness (QED) is 0.302. The van der Waals surface area contributed by atoms with Crippen molar-refractivity contribution in [2.24, 2.45) is 4.99 Å². The highest BCUT2D eigenvalue weighted by Gasteiger charge is 2.30. The third-order valence-electron chi connectivity index (χ3n) is 5.22. The Morgan fingerprint density at radius 3 is 2.67 bits per heavy atom. The SMILES string of the molecule is C=C(/N=C1\C(=C/C)C=C(c2ccc(-c3noc(C)n3)cc2Cl)C(=O)N1CC)NCOCCCC.CC. The molecule has 1 amide bonds. The molecule has 36 heavy (non-hydrogen) atoms. The van der Waals surface area contributed by atoms with E-state index in [0.29, 0.717) is 65.0 Å². The van der Waals surface area contributed by atoms with Gasteiger partial charge < -0.3 is 14.6 Å². The van der Waals surface area contributed by atoms with Crippen LogP contribution in [0.3, 0.4) is 0 Å². The van der Waals surface area contributed by atoms with E-state index in [-0.39, 0.29) is 5.91 Å². The number of hydrogen-bond donors (Lipinski definition) is 1. The molecular formula is C27H36ClN5O3. The largest absolute Gasteiger partial charge is 0.361 e. The number of nitrogens with one attached hydrogen (secondary N) is 1. The topological polar surface area (TPSA) is 92.8 Å². The zero-order valence-corrected chi connectivity index (χ0v) is 22.8. The summed E-state index contributed by atoms with van der Waals surface area (Å²) in [5, 5.41) is 7.38. The number of unbranched alkanes of at least 4 members (excludes halogenated alkanes) is 1. The molecule has 0 bridgehead atoms. The summed E-state index contributed by atoms with van der Waals surface area (Å²) in [6.07, 6.45) is 5.77. The molecule has 3 rings (SSSR count). The fourth-order valence-corrected chi connectivity index (χ4v) is 3.69. The molecule has 1 aromatic heterocycles. The van der Waals surface area contributed by atoms with Crippen LogP contribution in [0.2, 0.25) is 5.02 Å². The second kappa shape index (κ2) is 14.4. The molecule has 1 aliphatic rings. The highest BCUT2D eigenvalue weighted by molar-refractivity contribution is 6.37. The molecule has 1 N–H and O–H groups in total. The van der Waals surface area contributed by atoms with Crippen LogP contribution in [-0.2, 0) is 9.53 Å². The molecule has 0 saturated carbocycles. The molecule has 2 heterocycles. The van der Waals surface area contributed by atoms with Crippen molar-refractivity contribution in [2.45, 2.75) is 54.4 Å². The lowest BCUT2D eigenvalue weighted by Gasteiger charge is -2.30. The third kappa shape index (κ3) is 7.15. The second-order valence-electron chi connectivity index (χ2n) is 7.65.